The fourth-order valence-corrected chi connectivity index (χ4v) is 3.59. The minimum atomic E-state index is -0.885. The summed E-state index contributed by atoms with van der Waals surface area (Å²) in [5, 5.41) is 9.44. The summed E-state index contributed by atoms with van der Waals surface area (Å²) in [6.07, 6.45) is 9.76. The summed E-state index contributed by atoms with van der Waals surface area (Å²) in [4.78, 5) is 39.5. The van der Waals surface area contributed by atoms with E-state index in [-0.39, 0.29) is 18.5 Å². The van der Waals surface area contributed by atoms with E-state index >= 15 is 0 Å². The van der Waals surface area contributed by atoms with Gasteiger partial charge >= 0.3 is 5.97 Å². The van der Waals surface area contributed by atoms with Gasteiger partial charge in [-0.15, -0.1) is 0 Å². The second-order valence-corrected chi connectivity index (χ2v) is 7.29. The number of hydrogen-bond acceptors (Lipinski definition) is 6. The summed E-state index contributed by atoms with van der Waals surface area (Å²) in [5.74, 6) is 0.330. The molecular formula is C22H23N5O3. The van der Waals surface area contributed by atoms with Crippen LogP contribution in [0, 0.1) is 0 Å². The second-order valence-electron chi connectivity index (χ2n) is 7.29. The number of nitrogens with zero attached hydrogens (tertiary/aromatic N) is 5. The van der Waals surface area contributed by atoms with Gasteiger partial charge in [-0.3, -0.25) is 14.2 Å². The van der Waals surface area contributed by atoms with E-state index in [1.807, 2.05) is 12.1 Å². The van der Waals surface area contributed by atoms with Gasteiger partial charge in [0.25, 0.3) is 5.56 Å². The van der Waals surface area contributed by atoms with Crippen molar-refractivity contribution in [1.29, 1.82) is 0 Å². The molecule has 0 spiro atoms. The zero-order valence-corrected chi connectivity index (χ0v) is 16.6. The SMILES string of the molecule is O=C(O)CCCn1c(C=Cc2cnc(N3CCCC3)nc2)nc2ccccc2c1=O. The lowest BCUT2D eigenvalue weighted by Gasteiger charge is -2.14. The van der Waals surface area contributed by atoms with Gasteiger partial charge in [0.05, 0.1) is 10.9 Å². The predicted molar refractivity (Wildman–Crippen MR) is 115 cm³/mol. The van der Waals surface area contributed by atoms with Gasteiger partial charge in [-0.2, -0.15) is 0 Å². The molecule has 3 heterocycles. The molecule has 30 heavy (non-hydrogen) atoms. The first kappa shape index (κ1) is 19.8. The lowest BCUT2D eigenvalue weighted by atomic mass is 10.2. The molecule has 0 amide bonds. The highest BCUT2D eigenvalue weighted by atomic mass is 16.4. The molecule has 3 aromatic rings. The number of fused-ring (bicyclic) bond motifs is 1. The number of aliphatic carboxylic acids is 1. The average molecular weight is 405 g/mol. The Bertz CT molecular complexity index is 1130. The van der Waals surface area contributed by atoms with E-state index in [2.05, 4.69) is 19.9 Å². The van der Waals surface area contributed by atoms with E-state index in [1.54, 1.807) is 36.7 Å². The summed E-state index contributed by atoms with van der Waals surface area (Å²) in [6, 6.07) is 7.16. The number of rotatable bonds is 7. The molecule has 154 valence electrons. The van der Waals surface area contributed by atoms with Crippen molar-refractivity contribution in [3.63, 3.8) is 0 Å². The van der Waals surface area contributed by atoms with E-state index in [9.17, 15) is 9.59 Å². The van der Waals surface area contributed by atoms with Crippen molar-refractivity contribution in [1.82, 2.24) is 19.5 Å². The molecule has 1 aliphatic heterocycles. The van der Waals surface area contributed by atoms with Crippen molar-refractivity contribution in [2.45, 2.75) is 32.2 Å². The molecule has 0 radical (unpaired) electrons. The zero-order chi connectivity index (χ0) is 20.9. The number of para-hydroxylation sites is 1. The van der Waals surface area contributed by atoms with E-state index in [1.165, 1.54) is 4.57 Å². The molecule has 0 bridgehead atoms. The van der Waals surface area contributed by atoms with Gasteiger partial charge in [0.2, 0.25) is 5.95 Å². The Labute approximate surface area is 173 Å². The fourth-order valence-electron chi connectivity index (χ4n) is 3.59. The Kier molecular flexibility index (Phi) is 5.83. The van der Waals surface area contributed by atoms with Crippen LogP contribution in [0.2, 0.25) is 0 Å². The third-order valence-electron chi connectivity index (χ3n) is 5.14. The van der Waals surface area contributed by atoms with Crippen molar-refractivity contribution in [2.24, 2.45) is 0 Å². The maximum atomic E-state index is 12.9. The second kappa shape index (κ2) is 8.86. The van der Waals surface area contributed by atoms with Gasteiger partial charge in [0.1, 0.15) is 5.82 Å². The molecule has 0 saturated carbocycles. The first-order valence-electron chi connectivity index (χ1n) is 10.1. The molecule has 0 atom stereocenters. The molecule has 0 aliphatic carbocycles. The first-order valence-corrected chi connectivity index (χ1v) is 10.1. The normalized spacial score (nSPS) is 14.1. The summed E-state index contributed by atoms with van der Waals surface area (Å²) in [6.45, 7) is 2.25. The minimum absolute atomic E-state index is 0.00573. The van der Waals surface area contributed by atoms with Crippen LogP contribution >= 0.6 is 0 Å². The van der Waals surface area contributed by atoms with Crippen LogP contribution in [0.5, 0.6) is 0 Å². The van der Waals surface area contributed by atoms with Gasteiger partial charge in [-0.25, -0.2) is 15.0 Å². The molecule has 8 heteroatoms. The minimum Gasteiger partial charge on any atom is -0.481 e. The molecular weight excluding hydrogens is 382 g/mol. The predicted octanol–water partition coefficient (Wildman–Crippen LogP) is 2.82. The maximum Gasteiger partial charge on any atom is 0.303 e. The summed E-state index contributed by atoms with van der Waals surface area (Å²) in [5.41, 5.74) is 1.24. The number of hydrogen-bond donors (Lipinski definition) is 1. The smallest absolute Gasteiger partial charge is 0.303 e. The Balaban J connectivity index is 1.62. The average Bonchev–Trinajstić information content (AvgIpc) is 3.29. The van der Waals surface area contributed by atoms with Gasteiger partial charge < -0.3 is 10.0 Å². The number of carbonyl (C=O) groups is 1. The molecule has 1 aromatic carbocycles. The van der Waals surface area contributed by atoms with Gasteiger partial charge in [0.15, 0.2) is 0 Å². The van der Waals surface area contributed by atoms with Crippen molar-refractivity contribution >= 4 is 35.0 Å². The largest absolute Gasteiger partial charge is 0.481 e. The van der Waals surface area contributed by atoms with Crippen LogP contribution in [-0.4, -0.2) is 43.7 Å². The lowest BCUT2D eigenvalue weighted by Crippen LogP contribution is -2.24. The number of benzene rings is 1. The maximum absolute atomic E-state index is 12.9. The zero-order valence-electron chi connectivity index (χ0n) is 16.6. The number of carboxylic acid groups (broad SMARTS) is 1. The van der Waals surface area contributed by atoms with Crippen LogP contribution < -0.4 is 10.5 Å². The van der Waals surface area contributed by atoms with Gasteiger partial charge in [-0.05, 0) is 43.5 Å². The van der Waals surface area contributed by atoms with Crippen LogP contribution in [0.4, 0.5) is 5.95 Å². The van der Waals surface area contributed by atoms with Crippen molar-refractivity contribution in [3.05, 3.63) is 58.4 Å². The first-order chi connectivity index (χ1) is 14.6. The lowest BCUT2D eigenvalue weighted by molar-refractivity contribution is -0.137. The van der Waals surface area contributed by atoms with Crippen molar-refractivity contribution < 1.29 is 9.90 Å². The Morgan fingerprint density at radius 1 is 1.10 bits per heavy atom. The molecule has 1 saturated heterocycles. The highest BCUT2D eigenvalue weighted by Crippen LogP contribution is 2.16. The number of anilines is 1. The van der Waals surface area contributed by atoms with Crippen LogP contribution in [0.15, 0.2) is 41.5 Å². The summed E-state index contributed by atoms with van der Waals surface area (Å²) < 4.78 is 1.53. The molecule has 1 fully saturated rings. The van der Waals surface area contributed by atoms with E-state index in [0.29, 0.717) is 23.1 Å². The van der Waals surface area contributed by atoms with Crippen molar-refractivity contribution in [3.8, 4) is 0 Å². The van der Waals surface area contributed by atoms with Crippen molar-refractivity contribution in [2.75, 3.05) is 18.0 Å². The molecule has 0 unspecified atom stereocenters. The van der Waals surface area contributed by atoms with Gasteiger partial charge in [0, 0.05) is 44.0 Å². The standard InChI is InChI=1S/C22H23N5O3/c28-20(29)8-5-13-27-19(25-18-7-2-1-6-17(18)21(27)30)10-9-16-14-23-22(24-15-16)26-11-3-4-12-26/h1-2,6-7,9-10,14-15H,3-5,8,11-13H2,(H,28,29). The third-order valence-corrected chi connectivity index (χ3v) is 5.14. The van der Waals surface area contributed by atoms with Crippen LogP contribution in [-0.2, 0) is 11.3 Å². The van der Waals surface area contributed by atoms with E-state index in [0.717, 1.165) is 37.4 Å². The molecule has 1 N–H and O–H groups in total. The highest BCUT2D eigenvalue weighted by molar-refractivity contribution is 5.79. The Hall–Kier alpha value is -3.55. The summed E-state index contributed by atoms with van der Waals surface area (Å²) in [7, 11) is 0. The molecule has 4 rings (SSSR count). The molecule has 2 aromatic heterocycles. The van der Waals surface area contributed by atoms with Crippen LogP contribution in [0.25, 0.3) is 23.1 Å². The summed E-state index contributed by atoms with van der Waals surface area (Å²) >= 11 is 0. The monoisotopic (exact) mass is 405 g/mol. The number of carboxylic acids is 1. The van der Waals surface area contributed by atoms with Crippen LogP contribution in [0.1, 0.15) is 37.1 Å². The third kappa shape index (κ3) is 4.37. The molecule has 8 nitrogen and oxygen atoms in total. The Morgan fingerprint density at radius 3 is 2.57 bits per heavy atom. The fraction of sp³-hybridized carbons (Fsp3) is 0.318. The van der Waals surface area contributed by atoms with Gasteiger partial charge in [-0.1, -0.05) is 12.1 Å². The Morgan fingerprint density at radius 2 is 1.83 bits per heavy atom. The highest BCUT2D eigenvalue weighted by Gasteiger charge is 2.14. The topological polar surface area (TPSA) is 101 Å². The van der Waals surface area contributed by atoms with Crippen LogP contribution in [0.3, 0.4) is 0 Å². The van der Waals surface area contributed by atoms with E-state index in [4.69, 9.17) is 5.11 Å². The quantitative estimate of drug-likeness (QED) is 0.645. The number of aromatic nitrogens is 4. The molecule has 1 aliphatic rings. The van der Waals surface area contributed by atoms with E-state index < -0.39 is 5.97 Å².